The van der Waals surface area contributed by atoms with E-state index in [4.69, 9.17) is 14.2 Å². The smallest absolute Gasteiger partial charge is 0.306 e. The molecule has 450 valence electrons. The Bertz CT molecular complexity index is 1480. The predicted octanol–water partition coefficient (Wildman–Crippen LogP) is 23.1. The third-order valence-corrected chi connectivity index (χ3v) is 14.6. The van der Waals surface area contributed by atoms with Crippen molar-refractivity contribution in [3.63, 3.8) is 0 Å². The lowest BCUT2D eigenvalue weighted by molar-refractivity contribution is -0.167. The summed E-state index contributed by atoms with van der Waals surface area (Å²) < 4.78 is 16.9. The maximum atomic E-state index is 12.9. The summed E-state index contributed by atoms with van der Waals surface area (Å²) in [5, 5.41) is 0. The molecular formula is C72H126O6. The van der Waals surface area contributed by atoms with Gasteiger partial charge in [-0.05, 0) is 96.3 Å². The summed E-state index contributed by atoms with van der Waals surface area (Å²) in [6.07, 6.45) is 87.5. The highest BCUT2D eigenvalue weighted by molar-refractivity contribution is 5.71. The van der Waals surface area contributed by atoms with Crippen LogP contribution in [0.25, 0.3) is 0 Å². The first kappa shape index (κ1) is 74.6. The SMILES string of the molecule is CC/C=C\C/C=C\C/C=C\C/C=C\C/C=C\C/C=C\CCCCCCCCCCCCCCCCC(=O)OCC(COC(=O)CCCCCCCCCCCCC)OC(=O)CCCCCCC/C=C\CCCCCCCCC. The highest BCUT2D eigenvalue weighted by atomic mass is 16.6. The molecule has 6 heteroatoms. The van der Waals surface area contributed by atoms with Crippen LogP contribution in [0, 0.1) is 0 Å². The van der Waals surface area contributed by atoms with E-state index in [1.807, 2.05) is 0 Å². The lowest BCUT2D eigenvalue weighted by Gasteiger charge is -2.18. The fourth-order valence-electron chi connectivity index (χ4n) is 9.62. The number of unbranched alkanes of at least 4 members (excludes halogenated alkanes) is 36. The summed E-state index contributed by atoms with van der Waals surface area (Å²) >= 11 is 0. The molecule has 0 rings (SSSR count). The molecule has 1 unspecified atom stereocenters. The van der Waals surface area contributed by atoms with E-state index in [1.54, 1.807) is 0 Å². The highest BCUT2D eigenvalue weighted by Crippen LogP contribution is 2.17. The molecule has 0 aromatic carbocycles. The Morgan fingerprint density at radius 1 is 0.269 bits per heavy atom. The van der Waals surface area contributed by atoms with Gasteiger partial charge in [-0.25, -0.2) is 0 Å². The lowest BCUT2D eigenvalue weighted by Crippen LogP contribution is -2.30. The van der Waals surface area contributed by atoms with Gasteiger partial charge in [0.05, 0.1) is 0 Å². The summed E-state index contributed by atoms with van der Waals surface area (Å²) in [5.74, 6) is -0.869. The average molecular weight is 1090 g/mol. The molecule has 0 aliphatic carbocycles. The summed E-state index contributed by atoms with van der Waals surface area (Å²) in [4.78, 5) is 38.3. The van der Waals surface area contributed by atoms with Crippen molar-refractivity contribution in [2.24, 2.45) is 0 Å². The molecular weight excluding hydrogens is 961 g/mol. The largest absolute Gasteiger partial charge is 0.462 e. The molecule has 0 amide bonds. The van der Waals surface area contributed by atoms with E-state index in [1.165, 1.54) is 193 Å². The van der Waals surface area contributed by atoms with Gasteiger partial charge in [-0.2, -0.15) is 0 Å². The molecule has 0 bridgehead atoms. The van der Waals surface area contributed by atoms with E-state index in [-0.39, 0.29) is 31.1 Å². The van der Waals surface area contributed by atoms with E-state index < -0.39 is 6.10 Å². The molecule has 0 N–H and O–H groups in total. The standard InChI is InChI=1S/C72H126O6/c1-4-7-10-13-16-19-22-24-26-28-29-30-31-32-33-34-35-36-37-38-39-40-41-42-43-44-46-47-50-53-56-59-62-65-71(74)77-68-69(67-76-70(73)64-61-58-55-52-49-21-18-15-12-9-6-3)78-72(75)66-63-60-57-54-51-48-45-27-25-23-20-17-14-11-8-5-2/h7,10,16,19,24,26-27,29-30,32-33,35-36,45,69H,4-6,8-9,11-15,17-18,20-23,25,28,31,34,37-44,46-68H2,1-3H3/b10-7-,19-16-,26-24-,30-29-,33-32-,36-35-,45-27-. The molecule has 6 nitrogen and oxygen atoms in total. The minimum Gasteiger partial charge on any atom is -0.462 e. The van der Waals surface area contributed by atoms with E-state index in [9.17, 15) is 14.4 Å². The third-order valence-electron chi connectivity index (χ3n) is 14.6. The molecule has 0 spiro atoms. The number of rotatable bonds is 61. The molecule has 0 saturated carbocycles. The van der Waals surface area contributed by atoms with Crippen LogP contribution in [0.2, 0.25) is 0 Å². The molecule has 0 aromatic heterocycles. The molecule has 0 fully saturated rings. The van der Waals surface area contributed by atoms with Crippen LogP contribution in [0.5, 0.6) is 0 Å². The summed E-state index contributed by atoms with van der Waals surface area (Å²) in [6.45, 7) is 6.54. The molecule has 0 aliphatic heterocycles. The Kier molecular flexibility index (Phi) is 63.2. The van der Waals surface area contributed by atoms with Gasteiger partial charge in [-0.3, -0.25) is 14.4 Å². The summed E-state index contributed by atoms with van der Waals surface area (Å²) in [7, 11) is 0. The number of hydrogen-bond donors (Lipinski definition) is 0. The van der Waals surface area contributed by atoms with E-state index in [2.05, 4.69) is 106 Å². The van der Waals surface area contributed by atoms with Gasteiger partial charge < -0.3 is 14.2 Å². The Labute approximate surface area is 484 Å². The van der Waals surface area contributed by atoms with E-state index in [0.29, 0.717) is 19.3 Å². The number of allylic oxidation sites excluding steroid dienone is 14. The monoisotopic (exact) mass is 1090 g/mol. The van der Waals surface area contributed by atoms with Crippen LogP contribution in [-0.2, 0) is 28.6 Å². The van der Waals surface area contributed by atoms with Gasteiger partial charge in [0.25, 0.3) is 0 Å². The van der Waals surface area contributed by atoms with Gasteiger partial charge in [-0.1, -0.05) is 305 Å². The average Bonchev–Trinajstić information content (AvgIpc) is 3.44. The zero-order valence-electron chi connectivity index (χ0n) is 51.7. The summed E-state index contributed by atoms with van der Waals surface area (Å²) in [6, 6.07) is 0. The third kappa shape index (κ3) is 63.4. The van der Waals surface area contributed by atoms with E-state index in [0.717, 1.165) is 103 Å². The van der Waals surface area contributed by atoms with Crippen LogP contribution in [0.4, 0.5) is 0 Å². The van der Waals surface area contributed by atoms with Gasteiger partial charge in [0.15, 0.2) is 6.10 Å². The number of esters is 3. The van der Waals surface area contributed by atoms with Crippen molar-refractivity contribution in [3.05, 3.63) is 85.1 Å². The zero-order chi connectivity index (χ0) is 56.4. The molecule has 0 heterocycles. The topological polar surface area (TPSA) is 78.9 Å². The predicted molar refractivity (Wildman–Crippen MR) is 339 cm³/mol. The van der Waals surface area contributed by atoms with Crippen LogP contribution in [0.3, 0.4) is 0 Å². The van der Waals surface area contributed by atoms with Gasteiger partial charge in [0.2, 0.25) is 0 Å². The quantitative estimate of drug-likeness (QED) is 0.0261. The van der Waals surface area contributed by atoms with Crippen LogP contribution in [0.15, 0.2) is 85.1 Å². The fraction of sp³-hybridized carbons (Fsp3) is 0.764. The van der Waals surface area contributed by atoms with Crippen molar-refractivity contribution >= 4 is 17.9 Å². The van der Waals surface area contributed by atoms with Gasteiger partial charge >= 0.3 is 17.9 Å². The number of carbonyl (C=O) groups excluding carboxylic acids is 3. The lowest BCUT2D eigenvalue weighted by atomic mass is 10.0. The molecule has 0 aromatic rings. The zero-order valence-corrected chi connectivity index (χ0v) is 51.7. The minimum absolute atomic E-state index is 0.0747. The van der Waals surface area contributed by atoms with Crippen LogP contribution < -0.4 is 0 Å². The number of ether oxygens (including phenoxy) is 3. The molecule has 1 atom stereocenters. The first-order valence-electron chi connectivity index (χ1n) is 33.6. The van der Waals surface area contributed by atoms with Crippen molar-refractivity contribution in [1.82, 2.24) is 0 Å². The van der Waals surface area contributed by atoms with Crippen LogP contribution >= 0.6 is 0 Å². The second-order valence-corrected chi connectivity index (χ2v) is 22.4. The van der Waals surface area contributed by atoms with Gasteiger partial charge in [0, 0.05) is 19.3 Å². The second-order valence-electron chi connectivity index (χ2n) is 22.4. The van der Waals surface area contributed by atoms with Crippen molar-refractivity contribution in [1.29, 1.82) is 0 Å². The van der Waals surface area contributed by atoms with Crippen molar-refractivity contribution in [3.8, 4) is 0 Å². The van der Waals surface area contributed by atoms with E-state index >= 15 is 0 Å². The van der Waals surface area contributed by atoms with Crippen molar-refractivity contribution < 1.29 is 28.6 Å². The Balaban J connectivity index is 4.15. The number of carbonyl (C=O) groups is 3. The van der Waals surface area contributed by atoms with Gasteiger partial charge in [0.1, 0.15) is 13.2 Å². The maximum absolute atomic E-state index is 12.9. The molecule has 0 saturated heterocycles. The fourth-order valence-corrected chi connectivity index (χ4v) is 9.62. The van der Waals surface area contributed by atoms with Crippen LogP contribution in [0.1, 0.15) is 335 Å². The first-order valence-corrected chi connectivity index (χ1v) is 33.6. The number of hydrogen-bond acceptors (Lipinski definition) is 6. The Morgan fingerprint density at radius 2 is 0.500 bits per heavy atom. The highest BCUT2D eigenvalue weighted by Gasteiger charge is 2.19. The van der Waals surface area contributed by atoms with Gasteiger partial charge in [-0.15, -0.1) is 0 Å². The Hall–Kier alpha value is -3.41. The second kappa shape index (κ2) is 66.1. The normalized spacial score (nSPS) is 12.6. The van der Waals surface area contributed by atoms with Crippen molar-refractivity contribution in [2.45, 2.75) is 341 Å². The summed E-state index contributed by atoms with van der Waals surface area (Å²) in [5.41, 5.74) is 0. The van der Waals surface area contributed by atoms with Crippen LogP contribution in [-0.4, -0.2) is 37.2 Å². The maximum Gasteiger partial charge on any atom is 0.306 e. The first-order chi connectivity index (χ1) is 38.5. The van der Waals surface area contributed by atoms with Crippen molar-refractivity contribution in [2.75, 3.05) is 13.2 Å². The molecule has 0 radical (unpaired) electrons. The molecule has 78 heavy (non-hydrogen) atoms. The minimum atomic E-state index is -0.778. The molecule has 0 aliphatic rings. The Morgan fingerprint density at radius 3 is 0.795 bits per heavy atom.